The minimum Gasteiger partial charge on any atom is -0.0770 e. The van der Waals surface area contributed by atoms with Gasteiger partial charge in [-0.2, -0.15) is 0 Å². The Hall–Kier alpha value is -0.520. The Morgan fingerprint density at radius 1 is 1.27 bits per heavy atom. The van der Waals surface area contributed by atoms with E-state index in [0.717, 1.165) is 0 Å². The largest absolute Gasteiger partial charge is 0.0770 e. The lowest BCUT2D eigenvalue weighted by Gasteiger charge is -2.02. The monoisotopic (exact) mass is 149 g/mol. The summed E-state index contributed by atoms with van der Waals surface area (Å²) < 4.78 is 0. The fraction of sp³-hybridized carbons (Fsp3) is 0.636. The third-order valence-electron chi connectivity index (χ3n) is 2.12. The highest BCUT2D eigenvalue weighted by Crippen LogP contribution is 2.16. The van der Waals surface area contributed by atoms with Gasteiger partial charge in [-0.25, -0.2) is 0 Å². The van der Waals surface area contributed by atoms with Crippen LogP contribution in [0, 0.1) is 12.0 Å². The van der Waals surface area contributed by atoms with Crippen molar-refractivity contribution < 1.29 is 0 Å². The molecule has 1 atom stereocenters. The van der Waals surface area contributed by atoms with Gasteiger partial charge in [0.1, 0.15) is 0 Å². The van der Waals surface area contributed by atoms with Gasteiger partial charge < -0.3 is 0 Å². The zero-order valence-electron chi connectivity index (χ0n) is 7.34. The summed E-state index contributed by atoms with van der Waals surface area (Å²) in [6.07, 6.45) is 16.5. The minimum atomic E-state index is 0.631. The van der Waals surface area contributed by atoms with Gasteiger partial charge in [0.15, 0.2) is 0 Å². The van der Waals surface area contributed by atoms with Crippen LogP contribution in [0.3, 0.4) is 0 Å². The molecule has 11 heavy (non-hydrogen) atoms. The fourth-order valence-electron chi connectivity index (χ4n) is 1.39. The Balaban J connectivity index is 1.95. The summed E-state index contributed by atoms with van der Waals surface area (Å²) >= 11 is 0. The predicted molar refractivity (Wildman–Crippen MR) is 49.2 cm³/mol. The average molecular weight is 149 g/mol. The van der Waals surface area contributed by atoms with E-state index in [4.69, 9.17) is 0 Å². The minimum absolute atomic E-state index is 0.631. The summed E-state index contributed by atoms with van der Waals surface area (Å²) in [6, 6.07) is 0. The molecule has 0 saturated heterocycles. The Labute approximate surface area is 70.0 Å². The molecule has 0 heteroatoms. The predicted octanol–water partition coefficient (Wildman–Crippen LogP) is 3.50. The van der Waals surface area contributed by atoms with E-state index in [-0.39, 0.29) is 0 Å². The van der Waals surface area contributed by atoms with E-state index >= 15 is 0 Å². The maximum absolute atomic E-state index is 3.30. The molecule has 0 amide bonds. The molecule has 1 aliphatic rings. The van der Waals surface area contributed by atoms with Crippen LogP contribution in [0.25, 0.3) is 0 Å². The van der Waals surface area contributed by atoms with Gasteiger partial charge in [0.25, 0.3) is 0 Å². The molecular formula is C11H17. The summed E-state index contributed by atoms with van der Waals surface area (Å²) in [4.78, 5) is 0. The molecule has 0 spiro atoms. The van der Waals surface area contributed by atoms with Crippen LogP contribution in [0.2, 0.25) is 0 Å². The quantitative estimate of drug-likeness (QED) is 0.525. The Morgan fingerprint density at radius 3 is 2.82 bits per heavy atom. The molecular weight excluding hydrogens is 132 g/mol. The van der Waals surface area contributed by atoms with Crippen molar-refractivity contribution in [2.75, 3.05) is 0 Å². The van der Waals surface area contributed by atoms with E-state index in [9.17, 15) is 0 Å². The lowest BCUT2D eigenvalue weighted by molar-refractivity contribution is 0.586. The standard InChI is InChI=1S/C11H17/c1-2-3-4-5-8-11-9-6-7-10-11/h6-7,9,11H,2-5,8H2,1H3. The molecule has 0 aromatic rings. The van der Waals surface area contributed by atoms with Crippen molar-refractivity contribution in [3.63, 3.8) is 0 Å². The van der Waals surface area contributed by atoms with Crippen molar-refractivity contribution in [2.24, 2.45) is 5.92 Å². The number of rotatable bonds is 5. The second-order valence-corrected chi connectivity index (χ2v) is 3.17. The summed E-state index contributed by atoms with van der Waals surface area (Å²) in [5.41, 5.74) is 0. The van der Waals surface area contributed by atoms with E-state index in [1.807, 2.05) is 6.08 Å². The normalized spacial score (nSPS) is 16.5. The highest BCUT2D eigenvalue weighted by molar-refractivity contribution is 5.12. The lowest BCUT2D eigenvalue weighted by atomic mass is 10.0. The van der Waals surface area contributed by atoms with Gasteiger partial charge in [0.05, 0.1) is 0 Å². The van der Waals surface area contributed by atoms with Crippen molar-refractivity contribution in [1.82, 2.24) is 0 Å². The van der Waals surface area contributed by atoms with Crippen molar-refractivity contribution in [3.05, 3.63) is 24.3 Å². The van der Waals surface area contributed by atoms with Crippen LogP contribution < -0.4 is 0 Å². The van der Waals surface area contributed by atoms with Crippen molar-refractivity contribution in [3.8, 4) is 0 Å². The fourth-order valence-corrected chi connectivity index (χ4v) is 1.39. The van der Waals surface area contributed by atoms with Gasteiger partial charge in [-0.1, -0.05) is 50.8 Å². The molecule has 0 saturated carbocycles. The summed E-state index contributed by atoms with van der Waals surface area (Å²) in [7, 11) is 0. The number of hydrogen-bond acceptors (Lipinski definition) is 0. The molecule has 0 aromatic heterocycles. The molecule has 1 radical (unpaired) electrons. The Kier molecular flexibility index (Phi) is 4.03. The molecule has 1 aliphatic carbocycles. The molecule has 0 nitrogen and oxygen atoms in total. The highest BCUT2D eigenvalue weighted by atomic mass is 14.1. The molecule has 0 N–H and O–H groups in total. The second-order valence-electron chi connectivity index (χ2n) is 3.17. The van der Waals surface area contributed by atoms with Gasteiger partial charge >= 0.3 is 0 Å². The van der Waals surface area contributed by atoms with Gasteiger partial charge in [-0.05, 0) is 12.5 Å². The molecule has 61 valence electrons. The third-order valence-corrected chi connectivity index (χ3v) is 2.12. The number of allylic oxidation sites excluding steroid dienone is 4. The van der Waals surface area contributed by atoms with Crippen LogP contribution in [-0.4, -0.2) is 0 Å². The van der Waals surface area contributed by atoms with E-state index < -0.39 is 0 Å². The first kappa shape index (κ1) is 8.58. The van der Waals surface area contributed by atoms with Gasteiger partial charge in [0.2, 0.25) is 0 Å². The van der Waals surface area contributed by atoms with Crippen LogP contribution in [0.4, 0.5) is 0 Å². The molecule has 0 aliphatic heterocycles. The first-order valence-corrected chi connectivity index (χ1v) is 4.69. The van der Waals surface area contributed by atoms with E-state index in [0.29, 0.717) is 5.92 Å². The smallest absolute Gasteiger partial charge is 0.00240 e. The Bertz CT molecular complexity index is 130. The molecule has 0 heterocycles. The topological polar surface area (TPSA) is 0 Å². The van der Waals surface area contributed by atoms with Crippen LogP contribution in [0.5, 0.6) is 0 Å². The average Bonchev–Trinajstić information content (AvgIpc) is 2.50. The molecule has 0 aromatic carbocycles. The van der Waals surface area contributed by atoms with Crippen molar-refractivity contribution >= 4 is 0 Å². The van der Waals surface area contributed by atoms with E-state index in [2.05, 4.69) is 25.2 Å². The van der Waals surface area contributed by atoms with Crippen molar-refractivity contribution in [1.29, 1.82) is 0 Å². The summed E-state index contributed by atoms with van der Waals surface area (Å²) in [5.74, 6) is 0.631. The lowest BCUT2D eigenvalue weighted by Crippen LogP contribution is -1.89. The first-order chi connectivity index (χ1) is 5.43. The molecule has 0 bridgehead atoms. The van der Waals surface area contributed by atoms with Gasteiger partial charge in [0, 0.05) is 5.92 Å². The third kappa shape index (κ3) is 3.41. The van der Waals surface area contributed by atoms with Gasteiger partial charge in [-0.3, -0.25) is 0 Å². The van der Waals surface area contributed by atoms with Crippen LogP contribution in [-0.2, 0) is 0 Å². The summed E-state index contributed by atoms with van der Waals surface area (Å²) in [6.45, 7) is 2.25. The maximum Gasteiger partial charge on any atom is 0.00240 e. The molecule has 0 fully saturated rings. The van der Waals surface area contributed by atoms with E-state index in [1.165, 1.54) is 32.1 Å². The molecule has 1 unspecified atom stereocenters. The van der Waals surface area contributed by atoms with E-state index in [1.54, 1.807) is 0 Å². The zero-order chi connectivity index (χ0) is 7.94. The van der Waals surface area contributed by atoms with Gasteiger partial charge in [-0.15, -0.1) is 0 Å². The van der Waals surface area contributed by atoms with Crippen LogP contribution in [0.1, 0.15) is 39.0 Å². The number of unbranched alkanes of at least 4 members (excludes halogenated alkanes) is 3. The Morgan fingerprint density at radius 2 is 2.18 bits per heavy atom. The summed E-state index contributed by atoms with van der Waals surface area (Å²) in [5, 5.41) is 0. The van der Waals surface area contributed by atoms with Crippen molar-refractivity contribution in [2.45, 2.75) is 39.0 Å². The highest BCUT2D eigenvalue weighted by Gasteiger charge is 2.02. The SMILES string of the molecule is CCCCCCC1[C]=CC=C1. The second kappa shape index (κ2) is 5.17. The van der Waals surface area contributed by atoms with Crippen LogP contribution >= 0.6 is 0 Å². The first-order valence-electron chi connectivity index (χ1n) is 4.69. The number of hydrogen-bond donors (Lipinski definition) is 0. The van der Waals surface area contributed by atoms with Crippen LogP contribution in [0.15, 0.2) is 18.2 Å². The molecule has 1 rings (SSSR count). The maximum atomic E-state index is 3.30. The zero-order valence-corrected chi connectivity index (χ0v) is 7.34.